The van der Waals surface area contributed by atoms with E-state index >= 15 is 0 Å². The van der Waals surface area contributed by atoms with Gasteiger partial charge in [0, 0.05) is 19.8 Å². The molecular formula is C15H18ClN3O2. The fourth-order valence-corrected chi connectivity index (χ4v) is 2.28. The zero-order valence-corrected chi connectivity index (χ0v) is 13.0. The van der Waals surface area contributed by atoms with Gasteiger partial charge < -0.3 is 10.0 Å². The van der Waals surface area contributed by atoms with Crippen LogP contribution in [0.25, 0.3) is 5.69 Å². The van der Waals surface area contributed by atoms with E-state index in [9.17, 15) is 9.90 Å². The van der Waals surface area contributed by atoms with Crippen molar-refractivity contribution < 1.29 is 9.90 Å². The van der Waals surface area contributed by atoms with Crippen LogP contribution < -0.4 is 0 Å². The summed E-state index contributed by atoms with van der Waals surface area (Å²) in [5.41, 5.74) is 0.0698. The largest absolute Gasteiger partial charge is 0.389 e. The molecule has 0 aliphatic heterocycles. The third kappa shape index (κ3) is 3.83. The predicted octanol–water partition coefficient (Wildman–Crippen LogP) is 2.37. The summed E-state index contributed by atoms with van der Waals surface area (Å²) in [6.45, 7) is 3.53. The minimum atomic E-state index is -0.949. The molecule has 1 aromatic carbocycles. The van der Waals surface area contributed by atoms with Crippen LogP contribution in [0.4, 0.5) is 0 Å². The average Bonchev–Trinajstić information content (AvgIpc) is 2.85. The molecule has 5 nitrogen and oxygen atoms in total. The molecule has 1 N–H and O–H groups in total. The summed E-state index contributed by atoms with van der Waals surface area (Å²) in [6, 6.07) is 8.90. The Morgan fingerprint density at radius 3 is 2.67 bits per heavy atom. The molecule has 0 aliphatic rings. The first-order chi connectivity index (χ1) is 9.78. The second-order valence-electron chi connectivity index (χ2n) is 5.57. The van der Waals surface area contributed by atoms with E-state index in [4.69, 9.17) is 11.6 Å². The number of rotatable bonds is 4. The number of para-hydroxylation sites is 1. The van der Waals surface area contributed by atoms with E-state index in [0.29, 0.717) is 16.4 Å². The minimum Gasteiger partial charge on any atom is -0.389 e. The Bertz CT molecular complexity index is 646. The van der Waals surface area contributed by atoms with Gasteiger partial charge in [-0.2, -0.15) is 5.10 Å². The molecule has 2 rings (SSSR count). The molecule has 1 amide bonds. The van der Waals surface area contributed by atoms with Gasteiger partial charge >= 0.3 is 0 Å². The van der Waals surface area contributed by atoms with Crippen LogP contribution in [-0.4, -0.2) is 44.9 Å². The third-order valence-electron chi connectivity index (χ3n) is 2.88. The van der Waals surface area contributed by atoms with E-state index in [1.54, 1.807) is 43.9 Å². The number of nitrogens with zero attached hydrogens (tertiary/aromatic N) is 3. The monoisotopic (exact) mass is 307 g/mol. The maximum absolute atomic E-state index is 12.3. The Morgan fingerprint density at radius 2 is 2.05 bits per heavy atom. The van der Waals surface area contributed by atoms with Crippen molar-refractivity contribution in [3.63, 3.8) is 0 Å². The Hall–Kier alpha value is -1.85. The van der Waals surface area contributed by atoms with Crippen molar-refractivity contribution in [2.45, 2.75) is 19.4 Å². The summed E-state index contributed by atoms with van der Waals surface area (Å²) < 4.78 is 1.56. The van der Waals surface area contributed by atoms with E-state index in [0.717, 1.165) is 0 Å². The van der Waals surface area contributed by atoms with Crippen molar-refractivity contribution >= 4 is 17.5 Å². The first-order valence-corrected chi connectivity index (χ1v) is 6.94. The zero-order chi connectivity index (χ0) is 15.6. The molecule has 0 fully saturated rings. The molecule has 0 saturated heterocycles. The van der Waals surface area contributed by atoms with Gasteiger partial charge in [-0.05, 0) is 32.0 Å². The Labute approximate surface area is 128 Å². The molecule has 1 heterocycles. The number of aromatic nitrogens is 2. The first-order valence-electron chi connectivity index (χ1n) is 6.56. The zero-order valence-electron chi connectivity index (χ0n) is 12.2. The summed E-state index contributed by atoms with van der Waals surface area (Å²) in [7, 11) is 1.63. The third-order valence-corrected chi connectivity index (χ3v) is 3.20. The smallest absolute Gasteiger partial charge is 0.274 e. The number of aliphatic hydroxyl groups is 1. The molecule has 0 radical (unpaired) electrons. The standard InChI is InChI=1S/C15H18ClN3O2/c1-15(2,21)10-18(3)14(20)12-8-9-19(17-12)13-7-5-4-6-11(13)16/h4-9,21H,10H2,1-3H3. The minimum absolute atomic E-state index is 0.227. The van der Waals surface area contributed by atoms with Gasteiger partial charge in [-0.3, -0.25) is 4.79 Å². The molecular weight excluding hydrogens is 290 g/mol. The molecule has 0 unspecified atom stereocenters. The number of carbonyl (C=O) groups excluding carboxylic acids is 1. The van der Waals surface area contributed by atoms with E-state index in [2.05, 4.69) is 5.10 Å². The maximum atomic E-state index is 12.3. The molecule has 6 heteroatoms. The summed E-state index contributed by atoms with van der Waals surface area (Å²) in [4.78, 5) is 13.7. The highest BCUT2D eigenvalue weighted by atomic mass is 35.5. The van der Waals surface area contributed by atoms with E-state index in [1.807, 2.05) is 18.2 Å². The van der Waals surface area contributed by atoms with Crippen molar-refractivity contribution in [3.05, 3.63) is 47.2 Å². The first kappa shape index (κ1) is 15.5. The molecule has 112 valence electrons. The van der Waals surface area contributed by atoms with Crippen molar-refractivity contribution in [3.8, 4) is 5.69 Å². The lowest BCUT2D eigenvalue weighted by Crippen LogP contribution is -2.39. The van der Waals surface area contributed by atoms with Crippen LogP contribution in [-0.2, 0) is 0 Å². The highest BCUT2D eigenvalue weighted by molar-refractivity contribution is 6.32. The van der Waals surface area contributed by atoms with Crippen LogP contribution in [0.1, 0.15) is 24.3 Å². The van der Waals surface area contributed by atoms with E-state index in [-0.39, 0.29) is 12.5 Å². The predicted molar refractivity (Wildman–Crippen MR) is 81.8 cm³/mol. The highest BCUT2D eigenvalue weighted by Crippen LogP contribution is 2.19. The molecule has 0 aliphatic carbocycles. The molecule has 2 aromatic rings. The molecule has 0 spiro atoms. The van der Waals surface area contributed by atoms with Crippen molar-refractivity contribution in [1.82, 2.24) is 14.7 Å². The number of amides is 1. The topological polar surface area (TPSA) is 58.4 Å². The summed E-state index contributed by atoms with van der Waals surface area (Å²) >= 11 is 6.11. The summed E-state index contributed by atoms with van der Waals surface area (Å²) in [6.07, 6.45) is 1.69. The lowest BCUT2D eigenvalue weighted by atomic mass is 10.1. The van der Waals surface area contributed by atoms with Crippen LogP contribution in [0.3, 0.4) is 0 Å². The number of likely N-dealkylation sites (N-methyl/N-ethyl adjacent to an activating group) is 1. The average molecular weight is 308 g/mol. The van der Waals surface area contributed by atoms with Gasteiger partial charge in [-0.15, -0.1) is 0 Å². The normalized spacial score (nSPS) is 11.5. The van der Waals surface area contributed by atoms with Gasteiger partial charge in [0.15, 0.2) is 5.69 Å². The number of hydrogen-bond donors (Lipinski definition) is 1. The Kier molecular flexibility index (Phi) is 4.34. The number of carbonyl (C=O) groups is 1. The van der Waals surface area contributed by atoms with Crippen LogP contribution in [0.15, 0.2) is 36.5 Å². The fraction of sp³-hybridized carbons (Fsp3) is 0.333. The Balaban J connectivity index is 2.20. The van der Waals surface area contributed by atoms with Gasteiger partial charge in [-0.1, -0.05) is 23.7 Å². The molecule has 21 heavy (non-hydrogen) atoms. The molecule has 1 aromatic heterocycles. The van der Waals surface area contributed by atoms with Gasteiger partial charge in [0.25, 0.3) is 5.91 Å². The fourth-order valence-electron chi connectivity index (χ4n) is 2.06. The van der Waals surface area contributed by atoms with E-state index < -0.39 is 5.60 Å². The molecule has 0 bridgehead atoms. The maximum Gasteiger partial charge on any atom is 0.274 e. The number of hydrogen-bond acceptors (Lipinski definition) is 3. The summed E-state index contributed by atoms with van der Waals surface area (Å²) in [5.74, 6) is -0.247. The lowest BCUT2D eigenvalue weighted by molar-refractivity contribution is 0.0364. The molecule has 0 atom stereocenters. The second-order valence-corrected chi connectivity index (χ2v) is 5.98. The van der Waals surface area contributed by atoms with Crippen LogP contribution >= 0.6 is 11.6 Å². The second kappa shape index (κ2) is 5.87. The van der Waals surface area contributed by atoms with Crippen molar-refractivity contribution in [1.29, 1.82) is 0 Å². The van der Waals surface area contributed by atoms with Gasteiger partial charge in [-0.25, -0.2) is 4.68 Å². The lowest BCUT2D eigenvalue weighted by Gasteiger charge is -2.24. The number of benzene rings is 1. The van der Waals surface area contributed by atoms with Gasteiger partial charge in [0.1, 0.15) is 0 Å². The van der Waals surface area contributed by atoms with E-state index in [1.165, 1.54) is 4.90 Å². The number of halogens is 1. The summed E-state index contributed by atoms with van der Waals surface area (Å²) in [5, 5.41) is 14.6. The van der Waals surface area contributed by atoms with Gasteiger partial charge in [0.05, 0.1) is 16.3 Å². The van der Waals surface area contributed by atoms with Crippen LogP contribution in [0, 0.1) is 0 Å². The Morgan fingerprint density at radius 1 is 1.38 bits per heavy atom. The van der Waals surface area contributed by atoms with Crippen LogP contribution in [0.5, 0.6) is 0 Å². The molecule has 0 saturated carbocycles. The SMILES string of the molecule is CN(CC(C)(C)O)C(=O)c1ccn(-c2ccccc2Cl)n1. The van der Waals surface area contributed by atoms with Crippen molar-refractivity contribution in [2.75, 3.05) is 13.6 Å². The quantitative estimate of drug-likeness (QED) is 0.943. The van der Waals surface area contributed by atoms with Gasteiger partial charge in [0.2, 0.25) is 0 Å². The highest BCUT2D eigenvalue weighted by Gasteiger charge is 2.22. The van der Waals surface area contributed by atoms with Crippen LogP contribution in [0.2, 0.25) is 5.02 Å². The van der Waals surface area contributed by atoms with Crippen molar-refractivity contribution in [2.24, 2.45) is 0 Å².